The smallest absolute Gasteiger partial charge is 0.348 e. The molecule has 0 aromatic heterocycles. The van der Waals surface area contributed by atoms with Crippen LogP contribution in [-0.4, -0.2) is 19.7 Å². The van der Waals surface area contributed by atoms with Gasteiger partial charge in [-0.25, -0.2) is 4.79 Å². The van der Waals surface area contributed by atoms with Crippen molar-refractivity contribution in [3.63, 3.8) is 0 Å². The molecule has 0 aliphatic rings. The molecule has 0 N–H and O–H groups in total. The van der Waals surface area contributed by atoms with E-state index in [2.05, 4.69) is 0 Å². The molecule has 1 aromatic rings. The summed E-state index contributed by atoms with van der Waals surface area (Å²) < 4.78 is 10.0. The van der Waals surface area contributed by atoms with Gasteiger partial charge in [-0.3, -0.25) is 0 Å². The number of nitriles is 1. The minimum Gasteiger partial charge on any atom is -0.497 e. The van der Waals surface area contributed by atoms with E-state index in [-0.39, 0.29) is 5.57 Å². The zero-order chi connectivity index (χ0) is 14.1. The van der Waals surface area contributed by atoms with E-state index >= 15 is 0 Å². The fourth-order valence-corrected chi connectivity index (χ4v) is 1.39. The molecule has 0 atom stereocenters. The third kappa shape index (κ3) is 4.84. The van der Waals surface area contributed by atoms with E-state index in [1.54, 1.807) is 31.4 Å². The van der Waals surface area contributed by atoms with Gasteiger partial charge in [0, 0.05) is 0 Å². The number of benzene rings is 1. The molecule has 0 aliphatic heterocycles. The molecule has 0 bridgehead atoms. The van der Waals surface area contributed by atoms with Crippen molar-refractivity contribution in [2.24, 2.45) is 0 Å². The maximum atomic E-state index is 11.6. The maximum absolute atomic E-state index is 11.6. The Morgan fingerprint density at radius 2 is 2.05 bits per heavy atom. The Morgan fingerprint density at radius 1 is 1.37 bits per heavy atom. The van der Waals surface area contributed by atoms with Crippen molar-refractivity contribution in [3.05, 3.63) is 35.4 Å². The number of unbranched alkanes of at least 4 members (excludes halogenated alkanes) is 1. The van der Waals surface area contributed by atoms with E-state index in [1.807, 2.05) is 13.0 Å². The molecular weight excluding hydrogens is 242 g/mol. The Kier molecular flexibility index (Phi) is 6.17. The molecule has 0 aliphatic carbocycles. The van der Waals surface area contributed by atoms with Gasteiger partial charge in [-0.1, -0.05) is 25.5 Å². The van der Waals surface area contributed by atoms with Gasteiger partial charge in [0.1, 0.15) is 17.4 Å². The molecule has 0 radical (unpaired) electrons. The van der Waals surface area contributed by atoms with Gasteiger partial charge in [0.05, 0.1) is 13.7 Å². The first-order valence-electron chi connectivity index (χ1n) is 6.14. The lowest BCUT2D eigenvalue weighted by Crippen LogP contribution is -2.07. The van der Waals surface area contributed by atoms with Crippen molar-refractivity contribution in [1.29, 1.82) is 5.26 Å². The summed E-state index contributed by atoms with van der Waals surface area (Å²) in [5.41, 5.74) is 0.756. The van der Waals surface area contributed by atoms with E-state index in [0.717, 1.165) is 24.2 Å². The average Bonchev–Trinajstić information content (AvgIpc) is 2.45. The number of carbonyl (C=O) groups is 1. The first-order chi connectivity index (χ1) is 9.21. The van der Waals surface area contributed by atoms with Crippen LogP contribution in [-0.2, 0) is 9.53 Å². The molecule has 19 heavy (non-hydrogen) atoms. The van der Waals surface area contributed by atoms with Crippen LogP contribution in [0.1, 0.15) is 25.3 Å². The number of esters is 1. The van der Waals surface area contributed by atoms with Crippen molar-refractivity contribution >= 4 is 12.0 Å². The summed E-state index contributed by atoms with van der Waals surface area (Å²) in [5, 5.41) is 8.97. The predicted octanol–water partition coefficient (Wildman–Crippen LogP) is 2.95. The van der Waals surface area contributed by atoms with Gasteiger partial charge >= 0.3 is 5.97 Å². The molecule has 0 saturated heterocycles. The summed E-state index contributed by atoms with van der Waals surface area (Å²) in [6.45, 7) is 2.35. The Morgan fingerprint density at radius 3 is 2.58 bits per heavy atom. The highest BCUT2D eigenvalue weighted by atomic mass is 16.5. The summed E-state index contributed by atoms with van der Waals surface area (Å²) in [5.74, 6) is 0.146. The minimum atomic E-state index is -0.577. The Hall–Kier alpha value is -2.28. The standard InChI is InChI=1S/C15H17NO3/c1-3-4-9-19-15(17)13(11-16)10-12-5-7-14(18-2)8-6-12/h5-8,10H,3-4,9H2,1-2H3/b13-10-. The molecule has 0 fully saturated rings. The van der Waals surface area contributed by atoms with Crippen molar-refractivity contribution < 1.29 is 14.3 Å². The Balaban J connectivity index is 2.75. The minimum absolute atomic E-state index is 0.00118. The second-order valence-corrected chi connectivity index (χ2v) is 3.93. The number of carbonyl (C=O) groups excluding carboxylic acids is 1. The number of methoxy groups -OCH3 is 1. The summed E-state index contributed by atoms with van der Waals surface area (Å²) in [7, 11) is 1.58. The third-order valence-electron chi connectivity index (χ3n) is 2.50. The predicted molar refractivity (Wildman–Crippen MR) is 72.5 cm³/mol. The van der Waals surface area contributed by atoms with Gasteiger partial charge in [-0.2, -0.15) is 5.26 Å². The quantitative estimate of drug-likeness (QED) is 0.341. The van der Waals surface area contributed by atoms with Crippen molar-refractivity contribution in [2.45, 2.75) is 19.8 Å². The van der Waals surface area contributed by atoms with Crippen LogP contribution in [0, 0.1) is 11.3 Å². The summed E-state index contributed by atoms with van der Waals surface area (Å²) in [4.78, 5) is 11.6. The van der Waals surface area contributed by atoms with Gasteiger partial charge < -0.3 is 9.47 Å². The van der Waals surface area contributed by atoms with E-state index in [4.69, 9.17) is 14.7 Å². The van der Waals surface area contributed by atoms with Crippen LogP contribution in [0.5, 0.6) is 5.75 Å². The second kappa shape index (κ2) is 7.93. The molecule has 0 amide bonds. The first kappa shape index (κ1) is 14.8. The molecule has 4 nitrogen and oxygen atoms in total. The number of nitrogens with zero attached hydrogens (tertiary/aromatic N) is 1. The summed E-state index contributed by atoms with van der Waals surface area (Å²) in [6.07, 6.45) is 3.25. The molecule has 100 valence electrons. The van der Waals surface area contributed by atoms with Gasteiger partial charge in [0.25, 0.3) is 0 Å². The Bertz CT molecular complexity index is 483. The van der Waals surface area contributed by atoms with Gasteiger partial charge in [-0.15, -0.1) is 0 Å². The van der Waals surface area contributed by atoms with Crippen LogP contribution in [0.15, 0.2) is 29.8 Å². The second-order valence-electron chi connectivity index (χ2n) is 3.93. The van der Waals surface area contributed by atoms with Crippen LogP contribution in [0.2, 0.25) is 0 Å². The van der Waals surface area contributed by atoms with Gasteiger partial charge in [0.15, 0.2) is 0 Å². The van der Waals surface area contributed by atoms with Gasteiger partial charge in [-0.05, 0) is 30.2 Å². The molecule has 4 heteroatoms. The third-order valence-corrected chi connectivity index (χ3v) is 2.50. The molecule has 1 rings (SSSR count). The SMILES string of the molecule is CCCCOC(=O)/C(C#N)=C\c1ccc(OC)cc1. The normalized spacial score (nSPS) is 10.7. The molecule has 0 heterocycles. The summed E-state index contributed by atoms with van der Waals surface area (Å²) in [6, 6.07) is 8.94. The van der Waals surface area contributed by atoms with Crippen molar-refractivity contribution in [1.82, 2.24) is 0 Å². The average molecular weight is 259 g/mol. The van der Waals surface area contributed by atoms with Crippen LogP contribution >= 0.6 is 0 Å². The zero-order valence-corrected chi connectivity index (χ0v) is 11.2. The van der Waals surface area contributed by atoms with Crippen LogP contribution in [0.3, 0.4) is 0 Å². The van der Waals surface area contributed by atoms with Crippen LogP contribution in [0.25, 0.3) is 6.08 Å². The van der Waals surface area contributed by atoms with Crippen LogP contribution < -0.4 is 4.74 Å². The monoisotopic (exact) mass is 259 g/mol. The number of hydrogen-bond acceptors (Lipinski definition) is 4. The van der Waals surface area contributed by atoms with E-state index in [9.17, 15) is 4.79 Å². The first-order valence-corrected chi connectivity index (χ1v) is 6.14. The van der Waals surface area contributed by atoms with Gasteiger partial charge in [0.2, 0.25) is 0 Å². The topological polar surface area (TPSA) is 59.3 Å². The van der Waals surface area contributed by atoms with Crippen molar-refractivity contribution in [3.8, 4) is 11.8 Å². The zero-order valence-electron chi connectivity index (χ0n) is 11.2. The molecule has 0 saturated carbocycles. The van der Waals surface area contributed by atoms with Crippen LogP contribution in [0.4, 0.5) is 0 Å². The van der Waals surface area contributed by atoms with E-state index in [1.165, 1.54) is 6.08 Å². The highest BCUT2D eigenvalue weighted by Gasteiger charge is 2.10. The molecule has 0 unspecified atom stereocenters. The summed E-state index contributed by atoms with van der Waals surface area (Å²) >= 11 is 0. The fraction of sp³-hybridized carbons (Fsp3) is 0.333. The largest absolute Gasteiger partial charge is 0.497 e. The van der Waals surface area contributed by atoms with E-state index < -0.39 is 5.97 Å². The Labute approximate surface area is 113 Å². The molecule has 0 spiro atoms. The lowest BCUT2D eigenvalue weighted by molar-refractivity contribution is -0.138. The number of ether oxygens (including phenoxy) is 2. The lowest BCUT2D eigenvalue weighted by atomic mass is 10.1. The molecule has 1 aromatic carbocycles. The highest BCUT2D eigenvalue weighted by molar-refractivity contribution is 5.97. The van der Waals surface area contributed by atoms with E-state index in [0.29, 0.717) is 6.61 Å². The maximum Gasteiger partial charge on any atom is 0.348 e. The highest BCUT2D eigenvalue weighted by Crippen LogP contribution is 2.14. The number of rotatable bonds is 6. The molecular formula is C15H17NO3. The lowest BCUT2D eigenvalue weighted by Gasteiger charge is -2.03. The van der Waals surface area contributed by atoms with Crippen molar-refractivity contribution in [2.75, 3.05) is 13.7 Å². The number of hydrogen-bond donors (Lipinski definition) is 0. The fourth-order valence-electron chi connectivity index (χ4n) is 1.39.